The van der Waals surface area contributed by atoms with Crippen molar-refractivity contribution in [1.29, 1.82) is 0 Å². The summed E-state index contributed by atoms with van der Waals surface area (Å²) in [4.78, 5) is 11.5. The van der Waals surface area contributed by atoms with E-state index in [1.165, 1.54) is 12.1 Å². The molecule has 110 valence electrons. The molecule has 1 N–H and O–H groups in total. The number of carboxylic acids is 1. The van der Waals surface area contributed by atoms with Gasteiger partial charge in [-0.05, 0) is 48.6 Å². The second-order valence-corrected chi connectivity index (χ2v) is 5.51. The molecule has 0 fully saturated rings. The van der Waals surface area contributed by atoms with E-state index in [2.05, 4.69) is 0 Å². The van der Waals surface area contributed by atoms with Crippen LogP contribution < -0.4 is 0 Å². The molecule has 0 amide bonds. The smallest absolute Gasteiger partial charge is 0.307 e. The molecule has 0 heterocycles. The third kappa shape index (κ3) is 4.05. The van der Waals surface area contributed by atoms with Crippen molar-refractivity contribution in [3.63, 3.8) is 0 Å². The Morgan fingerprint density at radius 2 is 1.86 bits per heavy atom. The Labute approximate surface area is 128 Å². The summed E-state index contributed by atoms with van der Waals surface area (Å²) in [5.41, 5.74) is 2.72. The van der Waals surface area contributed by atoms with Crippen LogP contribution in [0.1, 0.15) is 16.7 Å². The van der Waals surface area contributed by atoms with E-state index in [1.807, 2.05) is 31.2 Å². The summed E-state index contributed by atoms with van der Waals surface area (Å²) in [5.74, 6) is -1.89. The van der Waals surface area contributed by atoms with Crippen LogP contribution in [0.25, 0.3) is 0 Å². The zero-order chi connectivity index (χ0) is 15.4. The fourth-order valence-electron chi connectivity index (χ4n) is 2.30. The van der Waals surface area contributed by atoms with Gasteiger partial charge in [-0.3, -0.25) is 4.79 Å². The van der Waals surface area contributed by atoms with E-state index >= 15 is 0 Å². The zero-order valence-corrected chi connectivity index (χ0v) is 12.4. The predicted octanol–water partition coefficient (Wildman–Crippen LogP) is 4.27. The lowest BCUT2D eigenvalue weighted by Crippen LogP contribution is -2.19. The monoisotopic (exact) mass is 306 g/mol. The molecule has 0 saturated heterocycles. The number of hydrogen-bond donors (Lipinski definition) is 1. The molecule has 1 atom stereocenters. The molecule has 0 aliphatic carbocycles. The summed E-state index contributed by atoms with van der Waals surface area (Å²) in [6.45, 7) is 1.96. The largest absolute Gasteiger partial charge is 0.481 e. The van der Waals surface area contributed by atoms with Crippen molar-refractivity contribution in [2.24, 2.45) is 5.92 Å². The average molecular weight is 307 g/mol. The van der Waals surface area contributed by atoms with Gasteiger partial charge in [0.1, 0.15) is 5.82 Å². The highest BCUT2D eigenvalue weighted by atomic mass is 35.5. The Morgan fingerprint density at radius 3 is 2.48 bits per heavy atom. The fraction of sp³-hybridized carbons (Fsp3) is 0.235. The van der Waals surface area contributed by atoms with Crippen LogP contribution in [0.4, 0.5) is 4.39 Å². The minimum absolute atomic E-state index is 0.269. The highest BCUT2D eigenvalue weighted by Gasteiger charge is 2.20. The van der Waals surface area contributed by atoms with Crippen molar-refractivity contribution in [2.75, 3.05) is 0 Å². The summed E-state index contributed by atoms with van der Waals surface area (Å²) in [6, 6.07) is 11.8. The number of rotatable bonds is 5. The van der Waals surface area contributed by atoms with Gasteiger partial charge >= 0.3 is 5.97 Å². The molecule has 0 aliphatic rings. The van der Waals surface area contributed by atoms with Gasteiger partial charge in [-0.25, -0.2) is 4.39 Å². The molecule has 0 aliphatic heterocycles. The molecular weight excluding hydrogens is 291 g/mol. The zero-order valence-electron chi connectivity index (χ0n) is 11.6. The molecule has 2 rings (SSSR count). The van der Waals surface area contributed by atoms with Gasteiger partial charge in [-0.2, -0.15) is 0 Å². The van der Waals surface area contributed by atoms with Crippen LogP contribution in [0, 0.1) is 18.7 Å². The van der Waals surface area contributed by atoms with Crippen molar-refractivity contribution in [3.8, 4) is 0 Å². The van der Waals surface area contributed by atoms with Crippen LogP contribution in [0.5, 0.6) is 0 Å². The van der Waals surface area contributed by atoms with Gasteiger partial charge in [0.05, 0.1) is 5.92 Å². The summed E-state index contributed by atoms with van der Waals surface area (Å²) >= 11 is 5.98. The van der Waals surface area contributed by atoms with Gasteiger partial charge in [-0.15, -0.1) is 0 Å². The molecule has 0 spiro atoms. The van der Waals surface area contributed by atoms with E-state index in [0.29, 0.717) is 12.0 Å². The Bertz CT molecular complexity index is 655. The quantitative estimate of drug-likeness (QED) is 0.895. The number of carbonyl (C=O) groups is 1. The fourth-order valence-corrected chi connectivity index (χ4v) is 2.55. The number of carboxylic acid groups (broad SMARTS) is 1. The number of halogens is 2. The lowest BCUT2D eigenvalue weighted by Gasteiger charge is -2.15. The summed E-state index contributed by atoms with van der Waals surface area (Å²) in [7, 11) is 0. The van der Waals surface area contributed by atoms with Crippen molar-refractivity contribution in [1.82, 2.24) is 0 Å². The van der Waals surface area contributed by atoms with E-state index in [0.717, 1.165) is 11.1 Å². The van der Waals surface area contributed by atoms with E-state index < -0.39 is 17.7 Å². The number of hydrogen-bond acceptors (Lipinski definition) is 1. The van der Waals surface area contributed by atoms with Gasteiger partial charge in [0, 0.05) is 5.02 Å². The summed E-state index contributed by atoms with van der Waals surface area (Å²) in [6.07, 6.45) is 0.707. The maximum atomic E-state index is 13.0. The van der Waals surface area contributed by atoms with Gasteiger partial charge in [0.25, 0.3) is 0 Å². The Morgan fingerprint density at radius 1 is 1.19 bits per heavy atom. The van der Waals surface area contributed by atoms with Crippen LogP contribution in [0.3, 0.4) is 0 Å². The van der Waals surface area contributed by atoms with Crippen molar-refractivity contribution < 1.29 is 14.3 Å². The molecule has 0 bridgehead atoms. The lowest BCUT2D eigenvalue weighted by atomic mass is 9.91. The SMILES string of the molecule is Cc1ccccc1CC(Cc1ccc(F)cc1Cl)C(=O)O. The lowest BCUT2D eigenvalue weighted by molar-refractivity contribution is -0.141. The molecule has 2 nitrogen and oxygen atoms in total. The van der Waals surface area contributed by atoms with Gasteiger partial charge in [0.15, 0.2) is 0 Å². The molecule has 21 heavy (non-hydrogen) atoms. The predicted molar refractivity (Wildman–Crippen MR) is 81.1 cm³/mol. The molecule has 2 aromatic rings. The molecular formula is C17H16ClFO2. The molecule has 4 heteroatoms. The second-order valence-electron chi connectivity index (χ2n) is 5.11. The minimum atomic E-state index is -0.876. The first-order chi connectivity index (χ1) is 9.97. The number of benzene rings is 2. The molecule has 0 saturated carbocycles. The van der Waals surface area contributed by atoms with Crippen molar-refractivity contribution >= 4 is 17.6 Å². The van der Waals surface area contributed by atoms with E-state index in [-0.39, 0.29) is 11.4 Å². The first-order valence-electron chi connectivity index (χ1n) is 6.68. The molecule has 0 aromatic heterocycles. The standard InChI is InChI=1S/C17H16ClFO2/c1-11-4-2-3-5-12(11)8-14(17(20)21)9-13-6-7-15(19)10-16(13)18/h2-7,10,14H,8-9H2,1H3,(H,20,21). The maximum Gasteiger partial charge on any atom is 0.307 e. The second kappa shape index (κ2) is 6.72. The van der Waals surface area contributed by atoms with E-state index in [1.54, 1.807) is 6.07 Å². The van der Waals surface area contributed by atoms with E-state index in [4.69, 9.17) is 11.6 Å². The van der Waals surface area contributed by atoms with E-state index in [9.17, 15) is 14.3 Å². The summed E-state index contributed by atoms with van der Waals surface area (Å²) in [5, 5.41) is 9.68. The van der Waals surface area contributed by atoms with Crippen LogP contribution >= 0.6 is 11.6 Å². The topological polar surface area (TPSA) is 37.3 Å². The molecule has 0 radical (unpaired) electrons. The van der Waals surface area contributed by atoms with Crippen LogP contribution in [-0.4, -0.2) is 11.1 Å². The Hall–Kier alpha value is -1.87. The van der Waals surface area contributed by atoms with Crippen molar-refractivity contribution in [2.45, 2.75) is 19.8 Å². The molecule has 1 unspecified atom stereocenters. The van der Waals surface area contributed by atoms with Crippen LogP contribution in [0.2, 0.25) is 5.02 Å². The van der Waals surface area contributed by atoms with Gasteiger partial charge < -0.3 is 5.11 Å². The first kappa shape index (κ1) is 15.5. The highest BCUT2D eigenvalue weighted by molar-refractivity contribution is 6.31. The Kier molecular flexibility index (Phi) is 4.97. The average Bonchev–Trinajstić information content (AvgIpc) is 2.42. The van der Waals surface area contributed by atoms with Crippen LogP contribution in [-0.2, 0) is 17.6 Å². The minimum Gasteiger partial charge on any atom is -0.481 e. The normalized spacial score (nSPS) is 12.1. The maximum absolute atomic E-state index is 13.0. The highest BCUT2D eigenvalue weighted by Crippen LogP contribution is 2.23. The third-order valence-corrected chi connectivity index (χ3v) is 3.91. The Balaban J connectivity index is 2.20. The van der Waals surface area contributed by atoms with Gasteiger partial charge in [-0.1, -0.05) is 41.9 Å². The van der Waals surface area contributed by atoms with Gasteiger partial charge in [0.2, 0.25) is 0 Å². The van der Waals surface area contributed by atoms with Crippen molar-refractivity contribution in [3.05, 3.63) is 70.0 Å². The number of aryl methyl sites for hydroxylation is 1. The summed E-state index contributed by atoms with van der Waals surface area (Å²) < 4.78 is 13.0. The number of aliphatic carboxylic acids is 1. The van der Waals surface area contributed by atoms with Crippen LogP contribution in [0.15, 0.2) is 42.5 Å². The molecule has 2 aromatic carbocycles. The third-order valence-electron chi connectivity index (χ3n) is 3.56. The first-order valence-corrected chi connectivity index (χ1v) is 7.06.